The third kappa shape index (κ3) is 5.05. The van der Waals surface area contributed by atoms with Gasteiger partial charge >= 0.3 is 0 Å². The van der Waals surface area contributed by atoms with Gasteiger partial charge in [-0.25, -0.2) is 9.37 Å². The fourth-order valence-corrected chi connectivity index (χ4v) is 3.89. The smallest absolute Gasteiger partial charge is 0.270 e. The van der Waals surface area contributed by atoms with Gasteiger partial charge in [-0.1, -0.05) is 40.2 Å². The van der Waals surface area contributed by atoms with E-state index in [1.807, 2.05) is 12.1 Å². The normalized spacial score (nSPS) is 12.8. The summed E-state index contributed by atoms with van der Waals surface area (Å²) in [5.74, 6) is -0.300. The zero-order valence-electron chi connectivity index (χ0n) is 15.3. The number of pyridine rings is 1. The van der Waals surface area contributed by atoms with E-state index in [2.05, 4.69) is 43.7 Å². The van der Waals surface area contributed by atoms with Crippen LogP contribution in [-0.4, -0.2) is 16.9 Å². The lowest BCUT2D eigenvalue weighted by Crippen LogP contribution is -2.35. The fourth-order valence-electron chi connectivity index (χ4n) is 3.43. The summed E-state index contributed by atoms with van der Waals surface area (Å²) in [4.78, 5) is 17.0. The van der Waals surface area contributed by atoms with Gasteiger partial charge in [-0.15, -0.1) is 12.4 Å². The Morgan fingerprint density at radius 3 is 2.45 bits per heavy atom. The number of carbonyl (C=O) groups is 1. The fraction of sp³-hybridized carbons (Fsp3) is 0.143. The van der Waals surface area contributed by atoms with Crippen LogP contribution in [0, 0.1) is 5.82 Å². The number of rotatable bonds is 4. The summed E-state index contributed by atoms with van der Waals surface area (Å²) in [6.45, 7) is 0. The van der Waals surface area contributed by atoms with Gasteiger partial charge in [-0.2, -0.15) is 0 Å². The van der Waals surface area contributed by atoms with Crippen molar-refractivity contribution in [2.24, 2.45) is 0 Å². The summed E-state index contributed by atoms with van der Waals surface area (Å²) in [6, 6.07) is 15.7. The second kappa shape index (κ2) is 8.80. The number of carbonyl (C=O) groups excluding carboxylic acids is 1. The summed E-state index contributed by atoms with van der Waals surface area (Å²) in [5, 5.41) is 6.01. The largest absolute Gasteiger partial charge is 0.399 e. The van der Waals surface area contributed by atoms with Crippen LogP contribution in [0.2, 0.25) is 0 Å². The van der Waals surface area contributed by atoms with E-state index in [4.69, 9.17) is 5.73 Å². The van der Waals surface area contributed by atoms with Crippen LogP contribution in [0.4, 0.5) is 21.6 Å². The van der Waals surface area contributed by atoms with Crippen LogP contribution in [0.15, 0.2) is 59.1 Å². The Morgan fingerprint density at radius 2 is 1.79 bits per heavy atom. The molecule has 1 aliphatic carbocycles. The van der Waals surface area contributed by atoms with Crippen molar-refractivity contribution >= 4 is 51.4 Å². The minimum absolute atomic E-state index is 0. The first-order valence-corrected chi connectivity index (χ1v) is 9.64. The number of hydrogen-bond acceptors (Lipinski definition) is 4. The van der Waals surface area contributed by atoms with Gasteiger partial charge in [0, 0.05) is 28.0 Å². The van der Waals surface area contributed by atoms with E-state index in [1.54, 1.807) is 12.1 Å². The standard InChI is InChI=1S/C21H18BrFN4O.ClH/c22-14-7-15(23)9-18(8-14)25-20-11-16(24)10-19(27-20)21(28)26-17-5-12-3-1-2-4-13(12)6-17;/h1-4,7-11,17H,5-6H2,(H,26,28)(H3,24,25,27);1H. The van der Waals surface area contributed by atoms with Gasteiger partial charge in [-0.05, 0) is 48.2 Å². The molecule has 0 atom stereocenters. The van der Waals surface area contributed by atoms with Crippen LogP contribution in [-0.2, 0) is 12.8 Å². The molecule has 0 unspecified atom stereocenters. The number of amides is 1. The molecule has 0 spiro atoms. The lowest BCUT2D eigenvalue weighted by molar-refractivity contribution is 0.0933. The van der Waals surface area contributed by atoms with Gasteiger partial charge in [0.2, 0.25) is 0 Å². The third-order valence-electron chi connectivity index (χ3n) is 4.60. The number of nitrogens with two attached hydrogens (primary N) is 1. The summed E-state index contributed by atoms with van der Waals surface area (Å²) in [7, 11) is 0. The molecule has 5 nitrogen and oxygen atoms in total. The zero-order valence-corrected chi connectivity index (χ0v) is 17.7. The van der Waals surface area contributed by atoms with Crippen molar-refractivity contribution in [2.45, 2.75) is 18.9 Å². The Labute approximate surface area is 182 Å². The molecule has 0 fully saturated rings. The molecule has 0 aliphatic heterocycles. The molecule has 3 aromatic rings. The van der Waals surface area contributed by atoms with Gasteiger partial charge in [0.1, 0.15) is 17.3 Å². The van der Waals surface area contributed by atoms with Crippen molar-refractivity contribution in [3.63, 3.8) is 0 Å². The first kappa shape index (κ1) is 21.1. The molecule has 4 N–H and O–H groups in total. The molecule has 1 heterocycles. The highest BCUT2D eigenvalue weighted by atomic mass is 79.9. The van der Waals surface area contributed by atoms with Gasteiger partial charge < -0.3 is 16.4 Å². The Kier molecular flexibility index (Phi) is 6.39. The van der Waals surface area contributed by atoms with Crippen LogP contribution in [0.3, 0.4) is 0 Å². The van der Waals surface area contributed by atoms with E-state index in [0.717, 1.165) is 12.8 Å². The average Bonchev–Trinajstić information content (AvgIpc) is 3.02. The second-order valence-electron chi connectivity index (χ2n) is 6.80. The first-order valence-electron chi connectivity index (χ1n) is 8.84. The van der Waals surface area contributed by atoms with E-state index in [0.29, 0.717) is 21.7 Å². The Bertz CT molecular complexity index is 1020. The monoisotopic (exact) mass is 476 g/mol. The summed E-state index contributed by atoms with van der Waals surface area (Å²) in [5.41, 5.74) is 9.57. The Hall–Kier alpha value is -2.64. The van der Waals surface area contributed by atoms with Crippen molar-refractivity contribution in [1.82, 2.24) is 10.3 Å². The molecule has 0 saturated heterocycles. The highest BCUT2D eigenvalue weighted by molar-refractivity contribution is 9.10. The summed E-state index contributed by atoms with van der Waals surface area (Å²) < 4.78 is 14.2. The molecule has 0 saturated carbocycles. The number of hydrogen-bond donors (Lipinski definition) is 3. The molecule has 1 aromatic heterocycles. The number of nitrogens with one attached hydrogen (secondary N) is 2. The summed E-state index contributed by atoms with van der Waals surface area (Å²) >= 11 is 3.25. The van der Waals surface area contributed by atoms with Crippen LogP contribution in [0.25, 0.3) is 0 Å². The van der Waals surface area contributed by atoms with Crippen molar-refractivity contribution in [3.8, 4) is 0 Å². The van der Waals surface area contributed by atoms with Crippen molar-refractivity contribution < 1.29 is 9.18 Å². The SMILES string of the molecule is Cl.Nc1cc(Nc2cc(F)cc(Br)c2)nc(C(=O)NC2Cc3ccccc3C2)c1. The van der Waals surface area contributed by atoms with Crippen LogP contribution in [0.5, 0.6) is 0 Å². The molecular formula is C21H19BrClFN4O. The molecule has 0 bridgehead atoms. The third-order valence-corrected chi connectivity index (χ3v) is 5.06. The Morgan fingerprint density at radius 1 is 1.10 bits per heavy atom. The lowest BCUT2D eigenvalue weighted by Gasteiger charge is -2.13. The van der Waals surface area contributed by atoms with Crippen LogP contribution < -0.4 is 16.4 Å². The van der Waals surface area contributed by atoms with Gasteiger partial charge in [0.15, 0.2) is 0 Å². The maximum Gasteiger partial charge on any atom is 0.270 e. The lowest BCUT2D eigenvalue weighted by atomic mass is 10.1. The minimum Gasteiger partial charge on any atom is -0.399 e. The molecule has 2 aromatic carbocycles. The van der Waals surface area contributed by atoms with E-state index < -0.39 is 0 Å². The van der Waals surface area contributed by atoms with Crippen LogP contribution >= 0.6 is 28.3 Å². The maximum atomic E-state index is 13.6. The topological polar surface area (TPSA) is 80.0 Å². The van der Waals surface area contributed by atoms with Gasteiger partial charge in [0.25, 0.3) is 5.91 Å². The number of aromatic nitrogens is 1. The molecule has 1 amide bonds. The first-order chi connectivity index (χ1) is 13.5. The van der Waals surface area contributed by atoms with E-state index in [9.17, 15) is 9.18 Å². The molecular weight excluding hydrogens is 459 g/mol. The van der Waals surface area contributed by atoms with E-state index in [-0.39, 0.29) is 35.9 Å². The molecule has 29 heavy (non-hydrogen) atoms. The number of nitrogens with zero attached hydrogens (tertiary/aromatic N) is 1. The predicted octanol–water partition coefficient (Wildman–Crippen LogP) is 4.63. The van der Waals surface area contributed by atoms with Crippen molar-refractivity contribution in [3.05, 3.63) is 81.7 Å². The molecule has 150 valence electrons. The number of benzene rings is 2. The number of nitrogen functional groups attached to an aromatic ring is 1. The molecule has 0 radical (unpaired) electrons. The minimum atomic E-state index is -0.389. The summed E-state index contributed by atoms with van der Waals surface area (Å²) in [6.07, 6.45) is 1.60. The van der Waals surface area contributed by atoms with Gasteiger partial charge in [-0.3, -0.25) is 4.79 Å². The van der Waals surface area contributed by atoms with Crippen LogP contribution in [0.1, 0.15) is 21.6 Å². The van der Waals surface area contributed by atoms with Gasteiger partial charge in [0.05, 0.1) is 0 Å². The average molecular weight is 478 g/mol. The number of halogens is 3. The highest BCUT2D eigenvalue weighted by Crippen LogP contribution is 2.24. The van der Waals surface area contributed by atoms with Crippen molar-refractivity contribution in [1.29, 1.82) is 0 Å². The zero-order chi connectivity index (χ0) is 19.7. The molecule has 8 heteroatoms. The molecule has 1 aliphatic rings. The second-order valence-corrected chi connectivity index (χ2v) is 7.72. The maximum absolute atomic E-state index is 13.6. The number of fused-ring (bicyclic) bond motifs is 1. The number of anilines is 3. The molecule has 4 rings (SSSR count). The highest BCUT2D eigenvalue weighted by Gasteiger charge is 2.23. The Balaban J connectivity index is 0.00000240. The predicted molar refractivity (Wildman–Crippen MR) is 118 cm³/mol. The van der Waals surface area contributed by atoms with E-state index in [1.165, 1.54) is 29.3 Å². The van der Waals surface area contributed by atoms with E-state index >= 15 is 0 Å². The van der Waals surface area contributed by atoms with Crippen molar-refractivity contribution in [2.75, 3.05) is 11.1 Å². The quantitative estimate of drug-likeness (QED) is 0.512.